The molecule has 2 heterocycles. The zero-order chi connectivity index (χ0) is 13.2. The lowest BCUT2D eigenvalue weighted by Crippen LogP contribution is -2.44. The Morgan fingerprint density at radius 3 is 2.42 bits per heavy atom. The number of carbonyl (C=O) groups excluding carboxylic acids is 1. The summed E-state index contributed by atoms with van der Waals surface area (Å²) < 4.78 is 0. The highest BCUT2D eigenvalue weighted by atomic mass is 16.2. The average Bonchev–Trinajstić information content (AvgIpc) is 2.76. The molecular formula is C16H22N2O. The number of piperidine rings is 1. The fourth-order valence-electron chi connectivity index (χ4n) is 3.41. The monoisotopic (exact) mass is 258 g/mol. The van der Waals surface area contributed by atoms with Crippen LogP contribution >= 0.6 is 0 Å². The summed E-state index contributed by atoms with van der Waals surface area (Å²) in [7, 11) is 0. The van der Waals surface area contributed by atoms with Crippen molar-refractivity contribution in [2.75, 3.05) is 18.0 Å². The minimum Gasteiger partial charge on any atom is -0.308 e. The predicted molar refractivity (Wildman–Crippen MR) is 77.2 cm³/mol. The number of para-hydroxylation sites is 1. The van der Waals surface area contributed by atoms with E-state index in [1.54, 1.807) is 0 Å². The average molecular weight is 258 g/mol. The van der Waals surface area contributed by atoms with E-state index in [1.165, 1.54) is 19.3 Å². The molecule has 0 aliphatic carbocycles. The van der Waals surface area contributed by atoms with Crippen LogP contribution in [-0.2, 0) is 4.79 Å². The maximum Gasteiger partial charge on any atom is 0.244 e. The molecule has 0 radical (unpaired) electrons. The SMILES string of the molecule is C[C@@H]1C[C@@H](N2CCCCC2)C(=O)N1c1ccccc1. The predicted octanol–water partition coefficient (Wildman–Crippen LogP) is 2.67. The quantitative estimate of drug-likeness (QED) is 0.814. The van der Waals surface area contributed by atoms with Gasteiger partial charge in [-0.3, -0.25) is 9.69 Å². The van der Waals surface area contributed by atoms with Crippen molar-refractivity contribution in [1.29, 1.82) is 0 Å². The van der Waals surface area contributed by atoms with Crippen LogP contribution in [0.3, 0.4) is 0 Å². The number of hydrogen-bond donors (Lipinski definition) is 0. The van der Waals surface area contributed by atoms with Crippen molar-refractivity contribution >= 4 is 11.6 Å². The molecule has 2 saturated heterocycles. The molecule has 0 saturated carbocycles. The molecule has 3 rings (SSSR count). The van der Waals surface area contributed by atoms with E-state index < -0.39 is 0 Å². The summed E-state index contributed by atoms with van der Waals surface area (Å²) in [5.74, 6) is 0.292. The first-order valence-electron chi connectivity index (χ1n) is 7.39. The van der Waals surface area contributed by atoms with E-state index in [0.717, 1.165) is 25.2 Å². The second kappa shape index (κ2) is 5.33. The Labute approximate surface area is 115 Å². The largest absolute Gasteiger partial charge is 0.308 e. The fourth-order valence-corrected chi connectivity index (χ4v) is 3.41. The molecule has 3 heteroatoms. The van der Waals surface area contributed by atoms with E-state index in [9.17, 15) is 4.79 Å². The van der Waals surface area contributed by atoms with Crippen molar-refractivity contribution < 1.29 is 4.79 Å². The number of anilines is 1. The molecule has 0 N–H and O–H groups in total. The van der Waals surface area contributed by atoms with E-state index in [-0.39, 0.29) is 6.04 Å². The summed E-state index contributed by atoms with van der Waals surface area (Å²) in [5, 5.41) is 0. The third kappa shape index (κ3) is 2.39. The van der Waals surface area contributed by atoms with Crippen LogP contribution in [0.15, 0.2) is 30.3 Å². The number of carbonyl (C=O) groups is 1. The maximum atomic E-state index is 12.7. The van der Waals surface area contributed by atoms with Crippen LogP contribution in [-0.4, -0.2) is 36.0 Å². The molecule has 0 unspecified atom stereocenters. The van der Waals surface area contributed by atoms with Crippen LogP contribution in [0.4, 0.5) is 5.69 Å². The van der Waals surface area contributed by atoms with Crippen molar-refractivity contribution in [3.05, 3.63) is 30.3 Å². The Hall–Kier alpha value is -1.35. The molecule has 0 bridgehead atoms. The van der Waals surface area contributed by atoms with Gasteiger partial charge in [0.1, 0.15) is 0 Å². The van der Waals surface area contributed by atoms with Crippen molar-refractivity contribution in [3.8, 4) is 0 Å². The standard InChI is InChI=1S/C16H22N2O/c1-13-12-15(17-10-6-3-7-11-17)16(19)18(13)14-8-4-2-5-9-14/h2,4-5,8-9,13,15H,3,6-7,10-12H2,1H3/t13-,15-/m1/s1. The van der Waals surface area contributed by atoms with Gasteiger partial charge in [-0.15, -0.1) is 0 Å². The zero-order valence-corrected chi connectivity index (χ0v) is 11.6. The van der Waals surface area contributed by atoms with Gasteiger partial charge in [-0.25, -0.2) is 0 Å². The highest BCUT2D eigenvalue weighted by Crippen LogP contribution is 2.30. The van der Waals surface area contributed by atoms with E-state index in [2.05, 4.69) is 11.8 Å². The minimum atomic E-state index is 0.107. The lowest BCUT2D eigenvalue weighted by Gasteiger charge is -2.31. The molecule has 1 aromatic carbocycles. The highest BCUT2D eigenvalue weighted by Gasteiger charge is 2.41. The van der Waals surface area contributed by atoms with Crippen LogP contribution in [0.5, 0.6) is 0 Å². The lowest BCUT2D eigenvalue weighted by atomic mass is 10.1. The topological polar surface area (TPSA) is 23.6 Å². The third-order valence-corrected chi connectivity index (χ3v) is 4.39. The molecule has 2 aliphatic rings. The summed E-state index contributed by atoms with van der Waals surface area (Å²) in [5.41, 5.74) is 1.04. The van der Waals surface area contributed by atoms with Gasteiger partial charge >= 0.3 is 0 Å². The van der Waals surface area contributed by atoms with Gasteiger partial charge in [0, 0.05) is 11.7 Å². The normalized spacial score (nSPS) is 28.9. The van der Waals surface area contributed by atoms with Gasteiger partial charge in [-0.1, -0.05) is 24.6 Å². The van der Waals surface area contributed by atoms with Crippen LogP contribution in [0, 0.1) is 0 Å². The first-order chi connectivity index (χ1) is 9.27. The molecular weight excluding hydrogens is 236 g/mol. The number of likely N-dealkylation sites (tertiary alicyclic amines) is 1. The van der Waals surface area contributed by atoms with Gasteiger partial charge < -0.3 is 4.90 Å². The van der Waals surface area contributed by atoms with Gasteiger partial charge in [0.15, 0.2) is 0 Å². The molecule has 3 nitrogen and oxygen atoms in total. The lowest BCUT2D eigenvalue weighted by molar-refractivity contribution is -0.122. The summed E-state index contributed by atoms with van der Waals surface area (Å²) in [4.78, 5) is 17.1. The summed E-state index contributed by atoms with van der Waals surface area (Å²) in [6, 6.07) is 10.5. The van der Waals surface area contributed by atoms with Crippen LogP contribution in [0.2, 0.25) is 0 Å². The molecule has 19 heavy (non-hydrogen) atoms. The second-order valence-corrected chi connectivity index (χ2v) is 5.74. The summed E-state index contributed by atoms with van der Waals surface area (Å²) in [6.07, 6.45) is 4.76. The number of hydrogen-bond acceptors (Lipinski definition) is 2. The Bertz CT molecular complexity index is 439. The number of rotatable bonds is 2. The van der Waals surface area contributed by atoms with Crippen LogP contribution in [0.25, 0.3) is 0 Å². The van der Waals surface area contributed by atoms with E-state index in [1.807, 2.05) is 35.2 Å². The first kappa shape index (κ1) is 12.7. The van der Waals surface area contributed by atoms with E-state index in [4.69, 9.17) is 0 Å². The van der Waals surface area contributed by atoms with E-state index in [0.29, 0.717) is 11.9 Å². The van der Waals surface area contributed by atoms with Crippen molar-refractivity contribution in [3.63, 3.8) is 0 Å². The molecule has 102 valence electrons. The highest BCUT2D eigenvalue weighted by molar-refractivity contribution is 6.00. The van der Waals surface area contributed by atoms with E-state index >= 15 is 0 Å². The number of nitrogens with zero attached hydrogens (tertiary/aromatic N) is 2. The Kier molecular flexibility index (Phi) is 3.56. The minimum absolute atomic E-state index is 0.107. The second-order valence-electron chi connectivity index (χ2n) is 5.74. The Balaban J connectivity index is 1.79. The van der Waals surface area contributed by atoms with Gasteiger partial charge in [0.2, 0.25) is 5.91 Å². The zero-order valence-electron chi connectivity index (χ0n) is 11.6. The van der Waals surface area contributed by atoms with Crippen molar-refractivity contribution in [2.45, 2.75) is 44.7 Å². The van der Waals surface area contributed by atoms with Gasteiger partial charge in [-0.2, -0.15) is 0 Å². The third-order valence-electron chi connectivity index (χ3n) is 4.39. The smallest absolute Gasteiger partial charge is 0.244 e. The number of benzene rings is 1. The molecule has 0 spiro atoms. The van der Waals surface area contributed by atoms with Crippen LogP contribution in [0.1, 0.15) is 32.6 Å². The molecule has 1 aromatic rings. The van der Waals surface area contributed by atoms with Crippen molar-refractivity contribution in [2.24, 2.45) is 0 Å². The molecule has 0 aromatic heterocycles. The Morgan fingerprint density at radius 2 is 1.74 bits per heavy atom. The van der Waals surface area contributed by atoms with Gasteiger partial charge in [-0.05, 0) is 51.4 Å². The molecule has 2 aliphatic heterocycles. The van der Waals surface area contributed by atoms with Crippen LogP contribution < -0.4 is 4.90 Å². The van der Waals surface area contributed by atoms with Gasteiger partial charge in [0.05, 0.1) is 6.04 Å². The summed E-state index contributed by atoms with van der Waals surface area (Å²) >= 11 is 0. The van der Waals surface area contributed by atoms with Crippen molar-refractivity contribution in [1.82, 2.24) is 4.90 Å². The summed E-state index contributed by atoms with van der Waals surface area (Å²) in [6.45, 7) is 4.34. The first-order valence-corrected chi connectivity index (χ1v) is 7.39. The molecule has 1 amide bonds. The molecule has 2 fully saturated rings. The van der Waals surface area contributed by atoms with Gasteiger partial charge in [0.25, 0.3) is 0 Å². The Morgan fingerprint density at radius 1 is 1.05 bits per heavy atom. The molecule has 2 atom stereocenters. The fraction of sp³-hybridized carbons (Fsp3) is 0.562. The number of amides is 1. The maximum absolute atomic E-state index is 12.7.